The highest BCUT2D eigenvalue weighted by molar-refractivity contribution is 5.92. The summed E-state index contributed by atoms with van der Waals surface area (Å²) in [6, 6.07) is 0.339. The molecule has 2 unspecified atom stereocenters. The van der Waals surface area contributed by atoms with Gasteiger partial charge in [0.15, 0.2) is 5.82 Å². The van der Waals surface area contributed by atoms with Gasteiger partial charge < -0.3 is 0 Å². The normalized spacial score (nSPS) is 28.5. The molecule has 2 atom stereocenters. The molecule has 2 heterocycles. The van der Waals surface area contributed by atoms with E-state index in [1.165, 1.54) is 51.4 Å². The number of fused-ring (bicyclic) bond motifs is 4. The van der Waals surface area contributed by atoms with Crippen molar-refractivity contribution in [3.8, 4) is 0 Å². The van der Waals surface area contributed by atoms with Crippen molar-refractivity contribution in [2.75, 3.05) is 4.90 Å². The Morgan fingerprint density at radius 3 is 2.58 bits per heavy atom. The first-order chi connectivity index (χ1) is 11.7. The summed E-state index contributed by atoms with van der Waals surface area (Å²) in [6.07, 6.45) is 12.6. The predicted molar refractivity (Wildman–Crippen MR) is 94.0 cm³/mol. The maximum atomic E-state index is 12.8. The van der Waals surface area contributed by atoms with Gasteiger partial charge in [0, 0.05) is 24.8 Å². The van der Waals surface area contributed by atoms with Crippen LogP contribution in [0.25, 0.3) is 0 Å². The van der Waals surface area contributed by atoms with Crippen molar-refractivity contribution in [2.24, 2.45) is 5.92 Å². The zero-order chi connectivity index (χ0) is 16.7. The lowest BCUT2D eigenvalue weighted by molar-refractivity contribution is -0.120. The molecule has 0 aromatic carbocycles. The Labute approximate surface area is 144 Å². The van der Waals surface area contributed by atoms with Gasteiger partial charge in [-0.05, 0) is 25.7 Å². The van der Waals surface area contributed by atoms with Gasteiger partial charge in [0.05, 0.1) is 5.54 Å². The van der Waals surface area contributed by atoms with Crippen molar-refractivity contribution in [2.45, 2.75) is 96.1 Å². The second-order valence-electron chi connectivity index (χ2n) is 7.83. The van der Waals surface area contributed by atoms with Crippen molar-refractivity contribution in [3.05, 3.63) is 5.82 Å². The topological polar surface area (TPSA) is 51.0 Å². The van der Waals surface area contributed by atoms with Gasteiger partial charge in [0.2, 0.25) is 11.9 Å². The average molecular weight is 330 g/mol. The van der Waals surface area contributed by atoms with Gasteiger partial charge in [-0.3, -0.25) is 9.69 Å². The van der Waals surface area contributed by atoms with Crippen LogP contribution < -0.4 is 4.90 Å². The Balaban J connectivity index is 1.88. The minimum atomic E-state index is 0.115. The van der Waals surface area contributed by atoms with Gasteiger partial charge >= 0.3 is 0 Å². The zero-order valence-electron chi connectivity index (χ0n) is 15.1. The number of carbonyl (C=O) groups is 1. The summed E-state index contributed by atoms with van der Waals surface area (Å²) in [7, 11) is 0. The number of anilines is 1. The van der Waals surface area contributed by atoms with Gasteiger partial charge in [-0.15, -0.1) is 0 Å². The predicted octanol–water partition coefficient (Wildman–Crippen LogP) is 3.82. The minimum absolute atomic E-state index is 0.115. The lowest BCUT2D eigenvalue weighted by Crippen LogP contribution is -2.61. The third-order valence-electron chi connectivity index (χ3n) is 6.63. The van der Waals surface area contributed by atoms with Crippen LogP contribution in [0.4, 0.5) is 5.95 Å². The standard InChI is InChI=1S/C19H30N4O/c1-3-16-20-18-22(17(24)4-2)15-11-7-6-10-14(15)19(23(18)21-16)12-8-5-9-13-19/h14-15H,3-13H2,1-2H3. The molecule has 2 saturated carbocycles. The van der Waals surface area contributed by atoms with E-state index in [0.717, 1.165) is 24.6 Å². The molecular formula is C19H30N4O. The molecule has 2 aliphatic carbocycles. The van der Waals surface area contributed by atoms with Crippen LogP contribution in [-0.4, -0.2) is 26.7 Å². The van der Waals surface area contributed by atoms with Crippen LogP contribution in [0, 0.1) is 5.92 Å². The number of hydrogen-bond acceptors (Lipinski definition) is 3. The Morgan fingerprint density at radius 1 is 1.12 bits per heavy atom. The second-order valence-corrected chi connectivity index (χ2v) is 7.83. The average Bonchev–Trinajstić information content (AvgIpc) is 3.07. The Bertz CT molecular complexity index is 617. The van der Waals surface area contributed by atoms with E-state index in [4.69, 9.17) is 10.1 Å². The summed E-state index contributed by atoms with van der Waals surface area (Å²) in [5.41, 5.74) is 0.115. The summed E-state index contributed by atoms with van der Waals surface area (Å²) in [6.45, 7) is 4.07. The molecule has 4 rings (SSSR count). The third-order valence-corrected chi connectivity index (χ3v) is 6.63. The number of rotatable bonds is 2. The van der Waals surface area contributed by atoms with Gasteiger partial charge in [-0.25, -0.2) is 4.68 Å². The van der Waals surface area contributed by atoms with Crippen LogP contribution in [0.2, 0.25) is 0 Å². The lowest BCUT2D eigenvalue weighted by Gasteiger charge is -2.55. The molecule has 3 aliphatic rings. The maximum Gasteiger partial charge on any atom is 0.231 e. The minimum Gasteiger partial charge on any atom is -0.277 e. The van der Waals surface area contributed by atoms with Crippen LogP contribution >= 0.6 is 0 Å². The van der Waals surface area contributed by atoms with Crippen LogP contribution in [0.15, 0.2) is 0 Å². The number of aryl methyl sites for hydroxylation is 1. The van der Waals surface area contributed by atoms with E-state index < -0.39 is 0 Å². The molecule has 0 bridgehead atoms. The molecular weight excluding hydrogens is 300 g/mol. The molecule has 2 fully saturated rings. The van der Waals surface area contributed by atoms with E-state index in [0.29, 0.717) is 18.4 Å². The SMILES string of the molecule is CCC(=O)N1c2nc(CC)nn2C2(CCCCC2)C2CCCCC21. The zero-order valence-corrected chi connectivity index (χ0v) is 15.1. The molecule has 1 aliphatic heterocycles. The quantitative estimate of drug-likeness (QED) is 0.828. The number of aromatic nitrogens is 3. The highest BCUT2D eigenvalue weighted by Crippen LogP contribution is 2.52. The van der Waals surface area contributed by atoms with Gasteiger partial charge in [-0.2, -0.15) is 10.1 Å². The van der Waals surface area contributed by atoms with Gasteiger partial charge in [0.25, 0.3) is 0 Å². The Kier molecular flexibility index (Phi) is 4.13. The fraction of sp³-hybridized carbons (Fsp3) is 0.842. The largest absolute Gasteiger partial charge is 0.277 e. The first kappa shape index (κ1) is 16.1. The lowest BCUT2D eigenvalue weighted by atomic mass is 9.64. The molecule has 0 saturated heterocycles. The Morgan fingerprint density at radius 2 is 1.88 bits per heavy atom. The number of hydrogen-bond donors (Lipinski definition) is 0. The number of amides is 1. The van der Waals surface area contributed by atoms with E-state index in [1.54, 1.807) is 0 Å². The smallest absolute Gasteiger partial charge is 0.231 e. The van der Waals surface area contributed by atoms with E-state index in [9.17, 15) is 4.79 Å². The molecule has 0 radical (unpaired) electrons. The van der Waals surface area contributed by atoms with Crippen LogP contribution in [-0.2, 0) is 16.8 Å². The van der Waals surface area contributed by atoms with Crippen molar-refractivity contribution in [1.29, 1.82) is 0 Å². The monoisotopic (exact) mass is 330 g/mol. The van der Waals surface area contributed by atoms with Crippen molar-refractivity contribution in [3.63, 3.8) is 0 Å². The molecule has 5 nitrogen and oxygen atoms in total. The van der Waals surface area contributed by atoms with E-state index in [2.05, 4.69) is 11.6 Å². The Hall–Kier alpha value is -1.39. The highest BCUT2D eigenvalue weighted by Gasteiger charge is 2.54. The fourth-order valence-corrected chi connectivity index (χ4v) is 5.52. The summed E-state index contributed by atoms with van der Waals surface area (Å²) in [5.74, 6) is 2.51. The summed E-state index contributed by atoms with van der Waals surface area (Å²) < 4.78 is 2.21. The van der Waals surface area contributed by atoms with Gasteiger partial charge in [-0.1, -0.05) is 46.0 Å². The summed E-state index contributed by atoms with van der Waals surface area (Å²) in [4.78, 5) is 19.7. The van der Waals surface area contributed by atoms with Crippen molar-refractivity contribution < 1.29 is 4.79 Å². The summed E-state index contributed by atoms with van der Waals surface area (Å²) in [5, 5.41) is 4.92. The molecule has 132 valence electrons. The third kappa shape index (κ3) is 2.23. The van der Waals surface area contributed by atoms with Crippen molar-refractivity contribution in [1.82, 2.24) is 14.8 Å². The second kappa shape index (κ2) is 6.16. The highest BCUT2D eigenvalue weighted by atomic mass is 16.2. The molecule has 1 aromatic heterocycles. The first-order valence-electron chi connectivity index (χ1n) is 9.99. The number of carbonyl (C=O) groups excluding carboxylic acids is 1. The molecule has 0 N–H and O–H groups in total. The van der Waals surface area contributed by atoms with E-state index >= 15 is 0 Å². The van der Waals surface area contributed by atoms with E-state index in [-0.39, 0.29) is 11.4 Å². The molecule has 1 amide bonds. The molecule has 5 heteroatoms. The van der Waals surface area contributed by atoms with Crippen molar-refractivity contribution >= 4 is 11.9 Å². The van der Waals surface area contributed by atoms with Crippen LogP contribution in [0.5, 0.6) is 0 Å². The fourth-order valence-electron chi connectivity index (χ4n) is 5.52. The molecule has 1 spiro atoms. The molecule has 1 aromatic rings. The van der Waals surface area contributed by atoms with Gasteiger partial charge in [0.1, 0.15) is 0 Å². The summed E-state index contributed by atoms with van der Waals surface area (Å²) >= 11 is 0. The van der Waals surface area contributed by atoms with Crippen LogP contribution in [0.3, 0.4) is 0 Å². The first-order valence-corrected chi connectivity index (χ1v) is 9.99. The maximum absolute atomic E-state index is 12.8. The number of nitrogens with zero attached hydrogens (tertiary/aromatic N) is 4. The molecule has 24 heavy (non-hydrogen) atoms. The van der Waals surface area contributed by atoms with Crippen LogP contribution in [0.1, 0.15) is 83.9 Å². The van der Waals surface area contributed by atoms with E-state index in [1.807, 2.05) is 11.8 Å².